The van der Waals surface area contributed by atoms with Gasteiger partial charge in [0.15, 0.2) is 0 Å². The lowest BCUT2D eigenvalue weighted by Gasteiger charge is -2.39. The second-order valence-corrected chi connectivity index (χ2v) is 9.00. The van der Waals surface area contributed by atoms with Gasteiger partial charge in [-0.3, -0.25) is 4.79 Å². The number of aliphatic hydroxyl groups is 1. The van der Waals surface area contributed by atoms with Crippen LogP contribution in [0.3, 0.4) is 0 Å². The highest BCUT2D eigenvalue weighted by molar-refractivity contribution is 5.90. The van der Waals surface area contributed by atoms with Gasteiger partial charge < -0.3 is 35.0 Å². The summed E-state index contributed by atoms with van der Waals surface area (Å²) in [6.07, 6.45) is -2.97. The standard InChI is InChI=1S/C23H28N2O5.C2HF3O2/c1-16(26)24-20-7-6-18(27)12-22(20)29-15-19(28)14-25-10-8-23(9-11-25)13-17-4-2-3-5-21(17)30-23;3-2(4,5)1(6)7/h2-7,12,19,27-28H,8-11,13-15H2,1H3,(H,24,26);(H,6,7)/t19-;/m0./s1. The highest BCUT2D eigenvalue weighted by Gasteiger charge is 2.42. The molecule has 4 N–H and O–H groups in total. The monoisotopic (exact) mass is 526 g/mol. The molecule has 1 saturated heterocycles. The number of rotatable bonds is 6. The smallest absolute Gasteiger partial charge is 0.490 e. The minimum Gasteiger partial charge on any atom is -0.508 e. The lowest BCUT2D eigenvalue weighted by molar-refractivity contribution is -0.192. The number of halogens is 3. The van der Waals surface area contributed by atoms with Crippen molar-refractivity contribution in [2.75, 3.05) is 31.6 Å². The number of hydrogen-bond acceptors (Lipinski definition) is 7. The fourth-order valence-electron chi connectivity index (χ4n) is 4.25. The maximum absolute atomic E-state index is 11.3. The van der Waals surface area contributed by atoms with E-state index in [1.807, 2.05) is 12.1 Å². The molecule has 2 aromatic rings. The van der Waals surface area contributed by atoms with Gasteiger partial charge >= 0.3 is 12.1 Å². The largest absolute Gasteiger partial charge is 0.508 e. The summed E-state index contributed by atoms with van der Waals surface area (Å²) >= 11 is 0. The molecule has 0 aliphatic carbocycles. The molecule has 2 aliphatic heterocycles. The van der Waals surface area contributed by atoms with Gasteiger partial charge in [-0.1, -0.05) is 18.2 Å². The van der Waals surface area contributed by atoms with E-state index in [-0.39, 0.29) is 23.9 Å². The molecule has 1 atom stereocenters. The number of phenols is 1. The molecule has 0 unspecified atom stereocenters. The Kier molecular flexibility index (Phi) is 8.87. The number of hydrogen-bond donors (Lipinski definition) is 4. The Labute approximate surface area is 211 Å². The van der Waals surface area contributed by atoms with Crippen LogP contribution in [-0.2, 0) is 16.0 Å². The van der Waals surface area contributed by atoms with E-state index in [0.717, 1.165) is 38.1 Å². The Hall–Kier alpha value is -3.51. The number of aliphatic carboxylic acids is 1. The number of nitrogens with one attached hydrogen (secondary N) is 1. The highest BCUT2D eigenvalue weighted by atomic mass is 19.4. The summed E-state index contributed by atoms with van der Waals surface area (Å²) < 4.78 is 43.7. The van der Waals surface area contributed by atoms with Gasteiger partial charge in [0, 0.05) is 51.9 Å². The van der Waals surface area contributed by atoms with Gasteiger partial charge in [-0.2, -0.15) is 13.2 Å². The van der Waals surface area contributed by atoms with Crippen LogP contribution in [0.5, 0.6) is 17.2 Å². The Bertz CT molecular complexity index is 1070. The highest BCUT2D eigenvalue weighted by Crippen LogP contribution is 2.40. The third-order valence-electron chi connectivity index (χ3n) is 6.00. The Balaban J connectivity index is 0.000000479. The van der Waals surface area contributed by atoms with E-state index in [4.69, 9.17) is 19.4 Å². The zero-order chi connectivity index (χ0) is 27.2. The number of anilines is 1. The van der Waals surface area contributed by atoms with Crippen molar-refractivity contribution in [2.24, 2.45) is 0 Å². The Morgan fingerprint density at radius 2 is 1.84 bits per heavy atom. The number of nitrogens with zero attached hydrogens (tertiary/aromatic N) is 1. The van der Waals surface area contributed by atoms with Gasteiger partial charge in [-0.25, -0.2) is 4.79 Å². The first-order valence-corrected chi connectivity index (χ1v) is 11.6. The predicted molar refractivity (Wildman–Crippen MR) is 127 cm³/mol. The summed E-state index contributed by atoms with van der Waals surface area (Å²) in [5, 5.41) is 29.9. The molecule has 1 spiro atoms. The van der Waals surface area contributed by atoms with Crippen molar-refractivity contribution in [3.63, 3.8) is 0 Å². The van der Waals surface area contributed by atoms with Crippen molar-refractivity contribution in [1.82, 2.24) is 4.90 Å². The van der Waals surface area contributed by atoms with Crippen LogP contribution in [0.15, 0.2) is 42.5 Å². The molecule has 1 fully saturated rings. The van der Waals surface area contributed by atoms with Crippen LogP contribution in [0.1, 0.15) is 25.3 Å². The molecule has 37 heavy (non-hydrogen) atoms. The topological polar surface area (TPSA) is 129 Å². The number of β-amino-alcohol motifs (C(OH)–C–C–N with tert-alkyl or cyclic N) is 1. The van der Waals surface area contributed by atoms with E-state index < -0.39 is 18.2 Å². The van der Waals surface area contributed by atoms with Crippen LogP contribution in [0.25, 0.3) is 0 Å². The molecule has 1 amide bonds. The fraction of sp³-hybridized carbons (Fsp3) is 0.440. The number of carbonyl (C=O) groups is 2. The number of phenolic OH excluding ortho intramolecular Hbond substituents is 1. The quantitative estimate of drug-likeness (QED) is 0.423. The van der Waals surface area contributed by atoms with Gasteiger partial charge in [-0.15, -0.1) is 0 Å². The van der Waals surface area contributed by atoms with Crippen LogP contribution >= 0.6 is 0 Å². The van der Waals surface area contributed by atoms with Crippen molar-refractivity contribution in [1.29, 1.82) is 0 Å². The minimum atomic E-state index is -5.08. The molecule has 2 heterocycles. The normalized spacial score (nSPS) is 17.1. The van der Waals surface area contributed by atoms with E-state index in [9.17, 15) is 28.2 Å². The van der Waals surface area contributed by atoms with E-state index in [1.165, 1.54) is 24.6 Å². The van der Waals surface area contributed by atoms with Gasteiger partial charge in [-0.05, 0) is 23.8 Å². The van der Waals surface area contributed by atoms with Gasteiger partial charge in [0.25, 0.3) is 0 Å². The fourth-order valence-corrected chi connectivity index (χ4v) is 4.25. The molecule has 0 saturated carbocycles. The van der Waals surface area contributed by atoms with Crippen molar-refractivity contribution in [2.45, 2.75) is 44.1 Å². The number of piperidine rings is 1. The lowest BCUT2D eigenvalue weighted by atomic mass is 9.87. The van der Waals surface area contributed by atoms with Crippen LogP contribution in [0, 0.1) is 0 Å². The Morgan fingerprint density at radius 3 is 2.43 bits per heavy atom. The number of carbonyl (C=O) groups excluding carboxylic acids is 1. The molecule has 202 valence electrons. The van der Waals surface area contributed by atoms with Crippen molar-refractivity contribution >= 4 is 17.6 Å². The molecule has 9 nitrogen and oxygen atoms in total. The number of aromatic hydroxyl groups is 1. The van der Waals surface area contributed by atoms with Gasteiger partial charge in [0.05, 0.1) is 5.69 Å². The maximum Gasteiger partial charge on any atom is 0.490 e. The number of benzene rings is 2. The van der Waals surface area contributed by atoms with Crippen LogP contribution in [-0.4, -0.2) is 76.2 Å². The number of para-hydroxylation sites is 1. The molecule has 2 aromatic carbocycles. The molecule has 2 aliphatic rings. The van der Waals surface area contributed by atoms with Gasteiger partial charge in [0.2, 0.25) is 5.91 Å². The molecule has 0 bridgehead atoms. The zero-order valence-corrected chi connectivity index (χ0v) is 20.1. The number of amides is 1. The molecule has 0 radical (unpaired) electrons. The Morgan fingerprint density at radius 1 is 1.19 bits per heavy atom. The van der Waals surface area contributed by atoms with E-state index in [2.05, 4.69) is 22.3 Å². The average molecular weight is 527 g/mol. The number of aliphatic hydroxyl groups excluding tert-OH is 1. The number of carboxylic acids is 1. The first-order valence-electron chi connectivity index (χ1n) is 11.6. The first kappa shape index (κ1) is 28.1. The van der Waals surface area contributed by atoms with Crippen LogP contribution in [0.4, 0.5) is 18.9 Å². The summed E-state index contributed by atoms with van der Waals surface area (Å²) in [7, 11) is 0. The third kappa shape index (κ3) is 7.99. The average Bonchev–Trinajstić information content (AvgIpc) is 3.18. The van der Waals surface area contributed by atoms with Crippen LogP contribution in [0.2, 0.25) is 0 Å². The van der Waals surface area contributed by atoms with E-state index in [1.54, 1.807) is 6.07 Å². The lowest BCUT2D eigenvalue weighted by Crippen LogP contribution is -2.49. The van der Waals surface area contributed by atoms with Gasteiger partial charge in [0.1, 0.15) is 35.6 Å². The summed E-state index contributed by atoms with van der Waals surface area (Å²) in [6, 6.07) is 12.7. The SMILES string of the molecule is CC(=O)Nc1ccc(O)cc1OC[C@@H](O)CN1CCC2(CC1)Cc1ccccc1O2.O=C(O)C(F)(F)F. The summed E-state index contributed by atoms with van der Waals surface area (Å²) in [4.78, 5) is 22.5. The van der Waals surface area contributed by atoms with Crippen molar-refractivity contribution in [3.8, 4) is 17.2 Å². The van der Waals surface area contributed by atoms with Crippen molar-refractivity contribution in [3.05, 3.63) is 48.0 Å². The maximum atomic E-state index is 11.3. The minimum absolute atomic E-state index is 0.0347. The molecular weight excluding hydrogens is 497 g/mol. The van der Waals surface area contributed by atoms with E-state index in [0.29, 0.717) is 18.0 Å². The van der Waals surface area contributed by atoms with E-state index >= 15 is 0 Å². The predicted octanol–water partition coefficient (Wildman–Crippen LogP) is 3.19. The van der Waals surface area contributed by atoms with Crippen LogP contribution < -0.4 is 14.8 Å². The summed E-state index contributed by atoms with van der Waals surface area (Å²) in [5.41, 5.74) is 1.63. The third-order valence-corrected chi connectivity index (χ3v) is 6.00. The molecule has 4 rings (SSSR count). The molecule has 12 heteroatoms. The number of ether oxygens (including phenoxy) is 2. The number of fused-ring (bicyclic) bond motifs is 1. The number of alkyl halides is 3. The zero-order valence-electron chi connectivity index (χ0n) is 20.1. The second kappa shape index (κ2) is 11.7. The molecule has 0 aromatic heterocycles. The first-order chi connectivity index (χ1) is 17.4. The second-order valence-electron chi connectivity index (χ2n) is 9.00. The number of carboxylic acid groups (broad SMARTS) is 1. The summed E-state index contributed by atoms with van der Waals surface area (Å²) in [6.45, 7) is 3.68. The van der Waals surface area contributed by atoms with Crippen molar-refractivity contribution < 1.29 is 47.6 Å². The summed E-state index contributed by atoms with van der Waals surface area (Å²) in [5.74, 6) is -1.62. The number of likely N-dealkylation sites (tertiary alicyclic amines) is 1. The molecular formula is C25H29F3N2O7.